The van der Waals surface area contributed by atoms with Crippen LogP contribution in [0.4, 0.5) is 0 Å². The van der Waals surface area contributed by atoms with Gasteiger partial charge in [0.15, 0.2) is 22.2 Å². The van der Waals surface area contributed by atoms with Crippen molar-refractivity contribution in [3.63, 3.8) is 0 Å². The van der Waals surface area contributed by atoms with E-state index in [4.69, 9.17) is 0 Å². The second kappa shape index (κ2) is 2.37. The first kappa shape index (κ1) is 7.40. The highest BCUT2D eigenvalue weighted by atomic mass is 27.0. The number of H-pyrrole nitrogens is 1. The van der Waals surface area contributed by atoms with Gasteiger partial charge < -0.3 is 5.11 Å². The molecule has 0 aliphatic rings. The zero-order valence-electron chi connectivity index (χ0n) is 5.98. The van der Waals surface area contributed by atoms with E-state index < -0.39 is 0 Å². The van der Waals surface area contributed by atoms with Crippen molar-refractivity contribution in [2.24, 2.45) is 0 Å². The number of aromatic nitrogens is 3. The number of hydrogen-bond acceptors (Lipinski definition) is 3. The molecule has 0 saturated carbocycles. The maximum atomic E-state index is 11.1. The van der Waals surface area contributed by atoms with Crippen molar-refractivity contribution in [1.29, 1.82) is 0 Å². The fourth-order valence-electron chi connectivity index (χ4n) is 0.967. The summed E-state index contributed by atoms with van der Waals surface area (Å²) >= 11 is 2.17. The van der Waals surface area contributed by atoms with E-state index >= 15 is 0 Å². The highest BCUT2D eigenvalue weighted by Crippen LogP contribution is 2.02. The lowest BCUT2D eigenvalue weighted by atomic mass is 10.6. The Bertz CT molecular complexity index is 487. The second-order valence-corrected chi connectivity index (χ2v) is 2.89. The summed E-state index contributed by atoms with van der Waals surface area (Å²) in [5.41, 5.74) is -0.351. The zero-order chi connectivity index (χ0) is 8.72. The van der Waals surface area contributed by atoms with Gasteiger partial charge in [0, 0.05) is 12.4 Å². The summed E-state index contributed by atoms with van der Waals surface area (Å²) in [4.78, 5) is 17.4. The van der Waals surface area contributed by atoms with E-state index in [9.17, 15) is 9.90 Å². The number of nitrogens with one attached hydrogen (secondary N) is 1. The Morgan fingerprint density at radius 2 is 2.42 bits per heavy atom. The van der Waals surface area contributed by atoms with Crippen LogP contribution in [0.3, 0.4) is 0 Å². The minimum absolute atomic E-state index is 0.101. The van der Waals surface area contributed by atoms with Crippen LogP contribution in [0.2, 0.25) is 0 Å². The molecule has 2 rings (SSSR count). The lowest BCUT2D eigenvalue weighted by molar-refractivity contribution is 0.449. The molecule has 0 spiro atoms. The normalized spacial score (nSPS) is 10.7. The maximum Gasteiger partial charge on any atom is 0.240 e. The van der Waals surface area contributed by atoms with Gasteiger partial charge in [-0.15, -0.1) is 0 Å². The van der Waals surface area contributed by atoms with Gasteiger partial charge in [0.2, 0.25) is 11.3 Å². The first-order chi connectivity index (χ1) is 5.70. The van der Waals surface area contributed by atoms with Crippen molar-refractivity contribution >= 4 is 26.5 Å². The van der Waals surface area contributed by atoms with E-state index in [2.05, 4.69) is 26.3 Å². The van der Waals surface area contributed by atoms with Crippen molar-refractivity contribution in [3.05, 3.63) is 22.7 Å². The minimum atomic E-state index is -0.351. The van der Waals surface area contributed by atoms with Crippen molar-refractivity contribution in [2.45, 2.75) is 0 Å². The van der Waals surface area contributed by atoms with Crippen LogP contribution < -0.4 is 9.98 Å². The van der Waals surface area contributed by atoms with Crippen molar-refractivity contribution in [3.8, 4) is 5.88 Å². The second-order valence-electron chi connectivity index (χ2n) is 2.31. The van der Waals surface area contributed by atoms with Gasteiger partial charge in [-0.25, -0.2) is 4.98 Å². The summed E-state index contributed by atoms with van der Waals surface area (Å²) in [5.74, 6) is 0.236. The molecule has 2 N–H and O–H groups in total. The average molecular weight is 177 g/mol. The molecular formula is C6H4AlN3O2. The predicted molar refractivity (Wildman–Crippen MR) is 42.9 cm³/mol. The van der Waals surface area contributed by atoms with Crippen molar-refractivity contribution in [2.75, 3.05) is 0 Å². The molecule has 0 aliphatic carbocycles. The van der Waals surface area contributed by atoms with E-state index in [0.717, 1.165) is 0 Å². The SMILES string of the molecule is O=c1[nH]c2nccn2c(O)[c]1[Al]. The van der Waals surface area contributed by atoms with Gasteiger partial charge in [-0.3, -0.25) is 14.2 Å². The fourth-order valence-corrected chi connectivity index (χ4v) is 1.18. The molecule has 0 saturated heterocycles. The fraction of sp³-hybridized carbons (Fsp3) is 0. The first-order valence-electron chi connectivity index (χ1n) is 3.24. The van der Waals surface area contributed by atoms with Gasteiger partial charge >= 0.3 is 0 Å². The van der Waals surface area contributed by atoms with Crippen LogP contribution >= 0.6 is 0 Å². The third kappa shape index (κ3) is 0.859. The van der Waals surface area contributed by atoms with Gasteiger partial charge in [-0.05, 0) is 4.43 Å². The van der Waals surface area contributed by atoms with Crippen LogP contribution in [0, 0.1) is 0 Å². The van der Waals surface area contributed by atoms with Crippen LogP contribution in [-0.4, -0.2) is 35.8 Å². The van der Waals surface area contributed by atoms with Crippen molar-refractivity contribution in [1.82, 2.24) is 14.4 Å². The van der Waals surface area contributed by atoms with E-state index in [0.29, 0.717) is 5.78 Å². The molecule has 6 heteroatoms. The molecule has 2 radical (unpaired) electrons. The average Bonchev–Trinajstić information content (AvgIpc) is 2.48. The standard InChI is InChI=1S/C6H4N3O2.Al/c10-4-3-5(11)9-2-1-7-6(9)8-4;/h1-2,11H,(H,7,8,10);. The number of aromatic amines is 1. The van der Waals surface area contributed by atoms with Gasteiger partial charge in [0.05, 0.1) is 0 Å². The van der Waals surface area contributed by atoms with Gasteiger partial charge in [-0.2, -0.15) is 0 Å². The number of nitrogens with zero attached hydrogens (tertiary/aromatic N) is 2. The lowest BCUT2D eigenvalue weighted by Gasteiger charge is -2.00. The summed E-state index contributed by atoms with van der Waals surface area (Å²) in [6, 6.07) is 0. The summed E-state index contributed by atoms with van der Waals surface area (Å²) < 4.78 is 1.60. The molecule has 0 unspecified atom stereocenters. The largest absolute Gasteiger partial charge is 0.495 e. The van der Waals surface area contributed by atoms with Gasteiger partial charge in [0.25, 0.3) is 0 Å². The number of rotatable bonds is 0. The third-order valence-corrected chi connectivity index (χ3v) is 2.10. The van der Waals surface area contributed by atoms with Crippen LogP contribution in [0.5, 0.6) is 5.88 Å². The monoisotopic (exact) mass is 177 g/mol. The molecule has 2 heterocycles. The molecular weight excluding hydrogens is 173 g/mol. The molecule has 12 heavy (non-hydrogen) atoms. The zero-order valence-corrected chi connectivity index (χ0v) is 7.14. The molecule has 0 atom stereocenters. The van der Waals surface area contributed by atoms with Crippen LogP contribution in [0.1, 0.15) is 0 Å². The van der Waals surface area contributed by atoms with Crippen LogP contribution in [0.15, 0.2) is 17.2 Å². The maximum absolute atomic E-state index is 11.1. The Morgan fingerprint density at radius 1 is 1.67 bits per heavy atom. The van der Waals surface area contributed by atoms with Gasteiger partial charge in [-0.1, -0.05) is 0 Å². The first-order valence-corrected chi connectivity index (χ1v) is 3.81. The summed E-state index contributed by atoms with van der Waals surface area (Å²) in [7, 11) is 0. The van der Waals surface area contributed by atoms with Gasteiger partial charge in [0.1, 0.15) is 0 Å². The third-order valence-electron chi connectivity index (χ3n) is 1.58. The highest BCUT2D eigenvalue weighted by Gasteiger charge is 2.04. The Kier molecular flexibility index (Phi) is 1.46. The molecule has 2 aromatic rings. The molecule has 0 fully saturated rings. The summed E-state index contributed by atoms with van der Waals surface area (Å²) in [5, 5.41) is 9.41. The van der Waals surface area contributed by atoms with E-state index in [-0.39, 0.29) is 15.9 Å². The van der Waals surface area contributed by atoms with E-state index in [1.807, 2.05) is 0 Å². The number of fused-ring (bicyclic) bond motifs is 1. The molecule has 0 bridgehead atoms. The van der Waals surface area contributed by atoms with E-state index in [1.54, 1.807) is 6.20 Å². The molecule has 0 aromatic carbocycles. The van der Waals surface area contributed by atoms with Crippen LogP contribution in [-0.2, 0) is 0 Å². The molecule has 0 aliphatic heterocycles. The predicted octanol–water partition coefficient (Wildman–Crippen LogP) is -1.48. The Hall–Kier alpha value is -1.25. The van der Waals surface area contributed by atoms with Crippen molar-refractivity contribution < 1.29 is 5.11 Å². The number of hydrogen-bond donors (Lipinski definition) is 2. The molecule has 5 nitrogen and oxygen atoms in total. The number of imidazole rings is 1. The lowest BCUT2D eigenvalue weighted by Crippen LogP contribution is -2.29. The molecule has 2 aromatic heterocycles. The molecule has 58 valence electrons. The molecule has 0 amide bonds. The quantitative estimate of drug-likeness (QED) is 0.482. The highest BCUT2D eigenvalue weighted by molar-refractivity contribution is 6.33. The minimum Gasteiger partial charge on any atom is -0.495 e. The Morgan fingerprint density at radius 3 is 3.17 bits per heavy atom. The number of aromatic hydroxyl groups is 1. The van der Waals surface area contributed by atoms with E-state index in [1.165, 1.54) is 10.6 Å². The Labute approximate surface area is 75.1 Å². The van der Waals surface area contributed by atoms with Crippen LogP contribution in [0.25, 0.3) is 5.78 Å². The summed E-state index contributed by atoms with van der Waals surface area (Å²) in [6.45, 7) is 0. The summed E-state index contributed by atoms with van der Waals surface area (Å²) in [6.07, 6.45) is 3.06. The Balaban J connectivity index is 3.04. The smallest absolute Gasteiger partial charge is 0.240 e. The topological polar surface area (TPSA) is 70.4 Å².